The number of nitrogens with one attached hydrogen (secondary N) is 2. The summed E-state index contributed by atoms with van der Waals surface area (Å²) in [6.07, 6.45) is 0.105. The third-order valence-corrected chi connectivity index (χ3v) is 6.23. The largest absolute Gasteiger partial charge is 0.497 e. The van der Waals surface area contributed by atoms with Crippen molar-refractivity contribution in [1.29, 1.82) is 0 Å². The molecule has 0 radical (unpaired) electrons. The summed E-state index contributed by atoms with van der Waals surface area (Å²) in [5.41, 5.74) is 5.32. The van der Waals surface area contributed by atoms with Crippen LogP contribution < -0.4 is 20.3 Å². The van der Waals surface area contributed by atoms with Gasteiger partial charge in [0.15, 0.2) is 0 Å². The van der Waals surface area contributed by atoms with Gasteiger partial charge in [-0.15, -0.1) is 0 Å². The summed E-state index contributed by atoms with van der Waals surface area (Å²) >= 11 is 0. The summed E-state index contributed by atoms with van der Waals surface area (Å²) in [4.78, 5) is 40.4. The van der Waals surface area contributed by atoms with Gasteiger partial charge in [0.2, 0.25) is 11.8 Å². The van der Waals surface area contributed by atoms with E-state index in [4.69, 9.17) is 4.74 Å². The average molecular weight is 472 g/mol. The molecule has 3 aromatic carbocycles. The second-order valence-electron chi connectivity index (χ2n) is 8.87. The van der Waals surface area contributed by atoms with E-state index in [2.05, 4.69) is 10.6 Å². The maximum atomic E-state index is 13.1. The molecule has 180 valence electrons. The van der Waals surface area contributed by atoms with E-state index in [-0.39, 0.29) is 30.7 Å². The monoisotopic (exact) mass is 471 g/mol. The van der Waals surface area contributed by atoms with Gasteiger partial charge in [-0.3, -0.25) is 14.4 Å². The number of rotatable bonds is 6. The first kappa shape index (κ1) is 24.0. The van der Waals surface area contributed by atoms with E-state index in [0.29, 0.717) is 17.0 Å². The molecular formula is C28H29N3O4. The summed E-state index contributed by atoms with van der Waals surface area (Å²) in [6, 6.07) is 18.1. The van der Waals surface area contributed by atoms with Crippen LogP contribution in [0.1, 0.15) is 33.5 Å². The lowest BCUT2D eigenvalue weighted by atomic mass is 10.0. The fourth-order valence-electron chi connectivity index (χ4n) is 4.48. The van der Waals surface area contributed by atoms with Gasteiger partial charge in [0.05, 0.1) is 24.3 Å². The Bertz CT molecular complexity index is 1260. The number of hydrogen-bond donors (Lipinski definition) is 2. The van der Waals surface area contributed by atoms with Gasteiger partial charge in [-0.1, -0.05) is 29.8 Å². The number of amides is 3. The number of nitrogens with zero attached hydrogens (tertiary/aromatic N) is 1. The Morgan fingerprint density at radius 1 is 0.943 bits per heavy atom. The summed E-state index contributed by atoms with van der Waals surface area (Å²) in [7, 11) is 1.58. The first-order valence-electron chi connectivity index (χ1n) is 11.5. The predicted molar refractivity (Wildman–Crippen MR) is 137 cm³/mol. The zero-order valence-electron chi connectivity index (χ0n) is 20.3. The van der Waals surface area contributed by atoms with Crippen LogP contribution in [-0.4, -0.2) is 31.4 Å². The van der Waals surface area contributed by atoms with Crippen LogP contribution >= 0.6 is 0 Å². The van der Waals surface area contributed by atoms with E-state index >= 15 is 0 Å². The lowest BCUT2D eigenvalue weighted by Gasteiger charge is -2.18. The third-order valence-electron chi connectivity index (χ3n) is 6.23. The number of para-hydroxylation sites is 1. The quantitative estimate of drug-likeness (QED) is 0.537. The summed E-state index contributed by atoms with van der Waals surface area (Å²) in [5.74, 6) is -0.551. The van der Waals surface area contributed by atoms with Crippen molar-refractivity contribution in [3.63, 3.8) is 0 Å². The minimum absolute atomic E-state index is 0.105. The molecule has 0 spiro atoms. The van der Waals surface area contributed by atoms with Crippen LogP contribution in [0, 0.1) is 26.7 Å². The number of anilines is 3. The van der Waals surface area contributed by atoms with Gasteiger partial charge in [-0.2, -0.15) is 0 Å². The number of aryl methyl sites for hydroxylation is 3. The molecule has 0 aliphatic carbocycles. The Kier molecular flexibility index (Phi) is 6.87. The summed E-state index contributed by atoms with van der Waals surface area (Å²) in [6.45, 7) is 6.19. The van der Waals surface area contributed by atoms with Crippen LogP contribution in [0.4, 0.5) is 17.1 Å². The highest BCUT2D eigenvalue weighted by Crippen LogP contribution is 2.29. The Hall–Kier alpha value is -4.13. The Morgan fingerprint density at radius 3 is 2.26 bits per heavy atom. The first-order chi connectivity index (χ1) is 16.8. The highest BCUT2D eigenvalue weighted by molar-refractivity contribution is 6.11. The molecule has 0 aromatic heterocycles. The molecular weight excluding hydrogens is 442 g/mol. The van der Waals surface area contributed by atoms with Crippen LogP contribution in [0.25, 0.3) is 0 Å². The highest BCUT2D eigenvalue weighted by Gasteiger charge is 2.35. The van der Waals surface area contributed by atoms with Crippen LogP contribution in [0.15, 0.2) is 60.7 Å². The second kappa shape index (κ2) is 10.0. The smallest absolute Gasteiger partial charge is 0.257 e. The molecule has 1 aliphatic heterocycles. The summed E-state index contributed by atoms with van der Waals surface area (Å²) < 4.78 is 5.17. The lowest BCUT2D eigenvalue weighted by Crippen LogP contribution is -2.28. The fourth-order valence-corrected chi connectivity index (χ4v) is 4.48. The molecule has 7 nitrogen and oxygen atoms in total. The molecule has 1 aliphatic rings. The number of methoxy groups -OCH3 is 1. The van der Waals surface area contributed by atoms with Gasteiger partial charge in [0.1, 0.15) is 5.75 Å². The SMILES string of the molecule is COc1ccc(N2CC(C(=O)Nc3ccccc3C(=O)Nc3c(C)cc(C)cc3C)CC2=O)cc1. The van der Waals surface area contributed by atoms with Crippen LogP contribution in [0.2, 0.25) is 0 Å². The Balaban J connectivity index is 1.48. The van der Waals surface area contributed by atoms with Gasteiger partial charge >= 0.3 is 0 Å². The van der Waals surface area contributed by atoms with Crippen molar-refractivity contribution >= 4 is 34.8 Å². The lowest BCUT2D eigenvalue weighted by molar-refractivity contribution is -0.122. The van der Waals surface area contributed by atoms with Crippen molar-refractivity contribution in [3.05, 3.63) is 82.9 Å². The van der Waals surface area contributed by atoms with Crippen molar-refractivity contribution in [1.82, 2.24) is 0 Å². The van der Waals surface area contributed by atoms with Crippen LogP contribution in [0.3, 0.4) is 0 Å². The topological polar surface area (TPSA) is 87.7 Å². The minimum atomic E-state index is -0.526. The zero-order valence-corrected chi connectivity index (χ0v) is 20.3. The number of carbonyl (C=O) groups excluding carboxylic acids is 3. The normalized spacial score (nSPS) is 15.1. The van der Waals surface area contributed by atoms with Gasteiger partial charge < -0.3 is 20.3 Å². The molecule has 1 unspecified atom stereocenters. The fraction of sp³-hybridized carbons (Fsp3) is 0.250. The zero-order chi connectivity index (χ0) is 25.1. The molecule has 3 aromatic rings. The van der Waals surface area contributed by atoms with E-state index in [9.17, 15) is 14.4 Å². The molecule has 0 bridgehead atoms. The van der Waals surface area contributed by atoms with Crippen LogP contribution in [0.5, 0.6) is 5.75 Å². The van der Waals surface area contributed by atoms with Crippen molar-refractivity contribution in [3.8, 4) is 5.75 Å². The maximum absolute atomic E-state index is 13.1. The molecule has 2 N–H and O–H groups in total. The van der Waals surface area contributed by atoms with E-state index in [1.165, 1.54) is 0 Å². The Labute approximate surface area is 205 Å². The Morgan fingerprint density at radius 2 is 1.60 bits per heavy atom. The number of ether oxygens (including phenoxy) is 1. The second-order valence-corrected chi connectivity index (χ2v) is 8.87. The molecule has 7 heteroatoms. The van der Waals surface area contributed by atoms with Gasteiger partial charge in [0, 0.05) is 24.3 Å². The first-order valence-corrected chi connectivity index (χ1v) is 11.5. The average Bonchev–Trinajstić information content (AvgIpc) is 3.23. The summed E-state index contributed by atoms with van der Waals surface area (Å²) in [5, 5.41) is 5.86. The van der Waals surface area contributed by atoms with Crippen molar-refractivity contribution < 1.29 is 19.1 Å². The van der Waals surface area contributed by atoms with E-state index < -0.39 is 5.92 Å². The molecule has 1 heterocycles. The third kappa shape index (κ3) is 5.19. The number of hydrogen-bond acceptors (Lipinski definition) is 4. The van der Waals surface area contributed by atoms with Gasteiger partial charge in [0.25, 0.3) is 5.91 Å². The van der Waals surface area contributed by atoms with Crippen molar-refractivity contribution in [2.45, 2.75) is 27.2 Å². The van der Waals surface area contributed by atoms with Crippen molar-refractivity contribution in [2.75, 3.05) is 29.2 Å². The van der Waals surface area contributed by atoms with Crippen LogP contribution in [-0.2, 0) is 9.59 Å². The molecule has 4 rings (SSSR count). The number of benzene rings is 3. The molecule has 1 atom stereocenters. The van der Waals surface area contributed by atoms with Gasteiger partial charge in [-0.05, 0) is 68.3 Å². The maximum Gasteiger partial charge on any atom is 0.257 e. The van der Waals surface area contributed by atoms with Crippen molar-refractivity contribution in [2.24, 2.45) is 5.92 Å². The molecule has 3 amide bonds. The van der Waals surface area contributed by atoms with E-state index in [1.54, 1.807) is 60.5 Å². The van der Waals surface area contributed by atoms with E-state index in [0.717, 1.165) is 28.1 Å². The predicted octanol–water partition coefficient (Wildman–Crippen LogP) is 4.86. The van der Waals surface area contributed by atoms with E-state index in [1.807, 2.05) is 32.9 Å². The molecule has 35 heavy (non-hydrogen) atoms. The molecule has 1 fully saturated rings. The molecule has 0 saturated carbocycles. The van der Waals surface area contributed by atoms with Gasteiger partial charge in [-0.25, -0.2) is 0 Å². The molecule has 1 saturated heterocycles. The standard InChI is InChI=1S/C28H29N3O4/c1-17-13-18(2)26(19(3)14-17)30-28(34)23-7-5-6-8-24(23)29-27(33)20-15-25(32)31(16-20)21-9-11-22(35-4)12-10-21/h5-14,20H,15-16H2,1-4H3,(H,29,33)(H,30,34). The number of carbonyl (C=O) groups is 3. The highest BCUT2D eigenvalue weighted by atomic mass is 16.5. The minimum Gasteiger partial charge on any atom is -0.497 e.